The molecule has 2 nitrogen and oxygen atoms in total. The monoisotopic (exact) mass is 739 g/mol. The van der Waals surface area contributed by atoms with Crippen LogP contribution in [0.3, 0.4) is 0 Å². The molecule has 11 aromatic rings. The second kappa shape index (κ2) is 14.1. The lowest BCUT2D eigenvalue weighted by Gasteiger charge is -2.28. The van der Waals surface area contributed by atoms with Gasteiger partial charge in [-0.25, -0.2) is 0 Å². The Hall–Kier alpha value is -7.68. The van der Waals surface area contributed by atoms with Crippen LogP contribution in [0.1, 0.15) is 0 Å². The molecule has 58 heavy (non-hydrogen) atoms. The summed E-state index contributed by atoms with van der Waals surface area (Å²) in [5, 5.41) is 7.24. The van der Waals surface area contributed by atoms with E-state index in [0.717, 1.165) is 55.7 Å². The Morgan fingerprint density at radius 2 is 0.776 bits per heavy atom. The first-order valence-electron chi connectivity index (χ1n) is 19.8. The van der Waals surface area contributed by atoms with Crippen molar-refractivity contribution < 1.29 is 4.42 Å². The minimum absolute atomic E-state index is 0.866. The number of hydrogen-bond donors (Lipinski definition) is 0. The second-order valence-electron chi connectivity index (χ2n) is 14.8. The van der Waals surface area contributed by atoms with Gasteiger partial charge in [-0.1, -0.05) is 176 Å². The van der Waals surface area contributed by atoms with Gasteiger partial charge in [0.2, 0.25) is 0 Å². The van der Waals surface area contributed by atoms with Crippen molar-refractivity contribution in [2.75, 3.05) is 4.90 Å². The van der Waals surface area contributed by atoms with Crippen molar-refractivity contribution in [1.29, 1.82) is 0 Å². The van der Waals surface area contributed by atoms with Gasteiger partial charge in [-0.05, 0) is 103 Å². The van der Waals surface area contributed by atoms with E-state index in [1.165, 1.54) is 49.4 Å². The van der Waals surface area contributed by atoms with Crippen LogP contribution in [0.25, 0.3) is 88.0 Å². The molecule has 0 atom stereocenters. The van der Waals surface area contributed by atoms with Gasteiger partial charge >= 0.3 is 0 Å². The molecule has 0 amide bonds. The molecule has 0 spiro atoms. The van der Waals surface area contributed by atoms with Crippen molar-refractivity contribution in [3.63, 3.8) is 0 Å². The molecular weight excluding hydrogens is 703 g/mol. The van der Waals surface area contributed by atoms with Crippen LogP contribution in [0, 0.1) is 0 Å². The topological polar surface area (TPSA) is 16.4 Å². The van der Waals surface area contributed by atoms with Crippen LogP contribution in [0.2, 0.25) is 0 Å². The van der Waals surface area contributed by atoms with E-state index in [1.54, 1.807) is 0 Å². The Morgan fingerprint density at radius 3 is 1.50 bits per heavy atom. The van der Waals surface area contributed by atoms with Gasteiger partial charge in [0.15, 0.2) is 0 Å². The minimum Gasteiger partial charge on any atom is -0.456 e. The third-order valence-electron chi connectivity index (χ3n) is 11.5. The van der Waals surface area contributed by atoms with Crippen LogP contribution < -0.4 is 4.90 Å². The van der Waals surface area contributed by atoms with Gasteiger partial charge < -0.3 is 9.32 Å². The molecule has 1 heterocycles. The van der Waals surface area contributed by atoms with E-state index in [9.17, 15) is 0 Å². The molecule has 0 radical (unpaired) electrons. The molecule has 0 bridgehead atoms. The highest BCUT2D eigenvalue weighted by Gasteiger charge is 2.21. The number of nitrogens with zero attached hydrogens (tertiary/aromatic N) is 1. The lowest BCUT2D eigenvalue weighted by molar-refractivity contribution is 0.669. The molecule has 11 rings (SSSR count). The van der Waals surface area contributed by atoms with Gasteiger partial charge in [-0.2, -0.15) is 0 Å². The van der Waals surface area contributed by atoms with Crippen LogP contribution in [-0.4, -0.2) is 0 Å². The zero-order valence-electron chi connectivity index (χ0n) is 31.7. The molecule has 0 unspecified atom stereocenters. The maximum Gasteiger partial charge on any atom is 0.137 e. The summed E-state index contributed by atoms with van der Waals surface area (Å²) in [6, 6.07) is 80.6. The number of fused-ring (bicyclic) bond motifs is 6. The van der Waals surface area contributed by atoms with Gasteiger partial charge in [0.25, 0.3) is 0 Å². The third kappa shape index (κ3) is 5.74. The number of hydrogen-bond acceptors (Lipinski definition) is 2. The quantitative estimate of drug-likeness (QED) is 0.151. The Morgan fingerprint density at radius 1 is 0.276 bits per heavy atom. The molecule has 0 saturated carbocycles. The molecule has 10 aromatic carbocycles. The van der Waals surface area contributed by atoms with E-state index in [-0.39, 0.29) is 0 Å². The van der Waals surface area contributed by atoms with Crippen LogP contribution in [0.15, 0.2) is 229 Å². The predicted molar refractivity (Wildman–Crippen MR) is 245 cm³/mol. The molecule has 0 N–H and O–H groups in total. The number of furan rings is 1. The summed E-state index contributed by atoms with van der Waals surface area (Å²) in [7, 11) is 0. The van der Waals surface area contributed by atoms with E-state index in [0.29, 0.717) is 0 Å². The summed E-state index contributed by atoms with van der Waals surface area (Å²) in [4.78, 5) is 2.35. The molecule has 0 aliphatic rings. The molecule has 2 heteroatoms. The van der Waals surface area contributed by atoms with E-state index in [1.807, 2.05) is 12.1 Å². The number of para-hydroxylation sites is 2. The Kier molecular flexibility index (Phi) is 8.19. The normalized spacial score (nSPS) is 11.4. The van der Waals surface area contributed by atoms with Crippen molar-refractivity contribution in [1.82, 2.24) is 0 Å². The SMILES string of the molecule is c1ccc(-c2ccccc2N(c2ccc(-c3ccc4c(c3)c(-c3ccccc3)c(-c3ccccc3)c3ccccc34)cc2)c2ccc3c(c2)oc2ccccc23)cc1. The zero-order chi connectivity index (χ0) is 38.4. The average Bonchev–Trinajstić information content (AvgIpc) is 3.68. The highest BCUT2D eigenvalue weighted by molar-refractivity contribution is 6.22. The maximum absolute atomic E-state index is 6.42. The largest absolute Gasteiger partial charge is 0.456 e. The lowest BCUT2D eigenvalue weighted by atomic mass is 9.84. The molecule has 0 fully saturated rings. The fourth-order valence-electron chi connectivity index (χ4n) is 8.79. The molecule has 1 aromatic heterocycles. The Bertz CT molecular complexity index is 3260. The summed E-state index contributed by atoms with van der Waals surface area (Å²) in [6.07, 6.45) is 0. The standard InChI is InChI=1S/C56H37NO/c1-4-16-39(17-5-1)45-22-12-14-26-52(45)57(44-33-35-49-48-24-13-15-27-53(48)58-54(49)37-44)43-31-28-38(29-32-43)42-30-34-47-46-23-10-11-25-50(46)55(40-18-6-2-7-19-40)56(51(47)36-42)41-20-8-3-9-21-41/h1-37H. The van der Waals surface area contributed by atoms with Gasteiger partial charge in [-0.15, -0.1) is 0 Å². The average molecular weight is 740 g/mol. The number of rotatable bonds is 7. The summed E-state index contributed by atoms with van der Waals surface area (Å²) < 4.78 is 6.42. The van der Waals surface area contributed by atoms with Crippen molar-refractivity contribution in [3.8, 4) is 44.5 Å². The molecule has 0 saturated heterocycles. The van der Waals surface area contributed by atoms with Crippen LogP contribution in [0.5, 0.6) is 0 Å². The Balaban J connectivity index is 1.09. The van der Waals surface area contributed by atoms with Gasteiger partial charge in [-0.3, -0.25) is 0 Å². The first kappa shape index (κ1) is 33.6. The lowest BCUT2D eigenvalue weighted by Crippen LogP contribution is -2.11. The van der Waals surface area contributed by atoms with Gasteiger partial charge in [0.1, 0.15) is 11.2 Å². The summed E-state index contributed by atoms with van der Waals surface area (Å²) >= 11 is 0. The first-order chi connectivity index (χ1) is 28.8. The summed E-state index contributed by atoms with van der Waals surface area (Å²) in [5.41, 5.74) is 14.5. The number of benzene rings is 10. The molecule has 0 aliphatic carbocycles. The third-order valence-corrected chi connectivity index (χ3v) is 11.5. The second-order valence-corrected chi connectivity index (χ2v) is 14.8. The first-order valence-corrected chi connectivity index (χ1v) is 19.8. The van der Waals surface area contributed by atoms with E-state index >= 15 is 0 Å². The van der Waals surface area contributed by atoms with Crippen LogP contribution >= 0.6 is 0 Å². The highest BCUT2D eigenvalue weighted by atomic mass is 16.3. The summed E-state index contributed by atoms with van der Waals surface area (Å²) in [6.45, 7) is 0. The van der Waals surface area contributed by atoms with Crippen LogP contribution in [-0.2, 0) is 0 Å². The number of anilines is 3. The van der Waals surface area contributed by atoms with Crippen molar-refractivity contribution >= 4 is 60.5 Å². The molecule has 272 valence electrons. The van der Waals surface area contributed by atoms with Gasteiger partial charge in [0.05, 0.1) is 5.69 Å². The van der Waals surface area contributed by atoms with Crippen LogP contribution in [0.4, 0.5) is 17.1 Å². The molecular formula is C56H37NO. The fraction of sp³-hybridized carbons (Fsp3) is 0. The van der Waals surface area contributed by atoms with E-state index in [4.69, 9.17) is 4.42 Å². The van der Waals surface area contributed by atoms with E-state index in [2.05, 4.69) is 217 Å². The molecule has 0 aliphatic heterocycles. The van der Waals surface area contributed by atoms with Gasteiger partial charge in [0, 0.05) is 33.8 Å². The smallest absolute Gasteiger partial charge is 0.137 e. The Labute approximate surface area is 337 Å². The van der Waals surface area contributed by atoms with Crippen molar-refractivity contribution in [2.24, 2.45) is 0 Å². The van der Waals surface area contributed by atoms with Crippen molar-refractivity contribution in [3.05, 3.63) is 224 Å². The fourth-order valence-corrected chi connectivity index (χ4v) is 8.79. The maximum atomic E-state index is 6.42. The highest BCUT2D eigenvalue weighted by Crippen LogP contribution is 2.47. The predicted octanol–water partition coefficient (Wildman–Crippen LogP) is 16.0. The minimum atomic E-state index is 0.866. The van der Waals surface area contributed by atoms with Crippen molar-refractivity contribution in [2.45, 2.75) is 0 Å². The summed E-state index contributed by atoms with van der Waals surface area (Å²) in [5.74, 6) is 0. The zero-order valence-corrected chi connectivity index (χ0v) is 31.7. The van der Waals surface area contributed by atoms with E-state index < -0.39 is 0 Å².